The summed E-state index contributed by atoms with van der Waals surface area (Å²) < 4.78 is 0. The lowest BCUT2D eigenvalue weighted by molar-refractivity contribution is -0.142. The van der Waals surface area contributed by atoms with E-state index in [1.165, 1.54) is 0 Å². The minimum atomic E-state index is -1.15. The van der Waals surface area contributed by atoms with Crippen molar-refractivity contribution in [1.29, 1.82) is 0 Å². The molecule has 1 aromatic heterocycles. The van der Waals surface area contributed by atoms with Crippen molar-refractivity contribution in [3.05, 3.63) is 108 Å². The number of aliphatic carboxylic acids is 1. The predicted octanol–water partition coefficient (Wildman–Crippen LogP) is 3.11. The van der Waals surface area contributed by atoms with E-state index in [0.717, 1.165) is 27.6 Å². The van der Waals surface area contributed by atoms with E-state index in [1.54, 1.807) is 6.20 Å². The van der Waals surface area contributed by atoms with Crippen molar-refractivity contribution in [3.8, 4) is 0 Å². The second-order valence-corrected chi connectivity index (χ2v) is 11.7. The highest BCUT2D eigenvalue weighted by atomic mass is 16.4. The SMILES string of the molecule is CC(C)CC(NC(=O)C(Cc1ccccc1)NC(=O)C(Cc1c[nH]c2ccccc12)NC(=O)C(N)Cc1ccccc1)C(=O)O. The third kappa shape index (κ3) is 9.51. The number of fused-ring (bicyclic) bond motifs is 1. The largest absolute Gasteiger partial charge is 0.480 e. The minimum Gasteiger partial charge on any atom is -0.480 e. The van der Waals surface area contributed by atoms with Crippen LogP contribution in [0.4, 0.5) is 0 Å². The average molecular weight is 612 g/mol. The number of nitrogens with one attached hydrogen (secondary N) is 4. The van der Waals surface area contributed by atoms with E-state index in [0.29, 0.717) is 0 Å². The molecule has 0 aliphatic rings. The van der Waals surface area contributed by atoms with Gasteiger partial charge in [0.05, 0.1) is 6.04 Å². The molecule has 0 fully saturated rings. The first-order valence-electron chi connectivity index (χ1n) is 15.1. The Labute approximate surface area is 262 Å². The molecule has 0 saturated carbocycles. The number of hydrogen-bond acceptors (Lipinski definition) is 5. The maximum absolute atomic E-state index is 14.0. The molecule has 4 aromatic rings. The molecule has 0 spiro atoms. The maximum Gasteiger partial charge on any atom is 0.326 e. The van der Waals surface area contributed by atoms with Crippen LogP contribution >= 0.6 is 0 Å². The molecular weight excluding hydrogens is 570 g/mol. The summed E-state index contributed by atoms with van der Waals surface area (Å²) in [6, 6.07) is 21.9. The Morgan fingerprint density at radius 2 is 1.20 bits per heavy atom. The molecule has 10 nitrogen and oxygen atoms in total. The van der Waals surface area contributed by atoms with Crippen molar-refractivity contribution in [2.24, 2.45) is 11.7 Å². The van der Waals surface area contributed by atoms with Gasteiger partial charge >= 0.3 is 5.97 Å². The van der Waals surface area contributed by atoms with Gasteiger partial charge in [-0.1, -0.05) is 92.7 Å². The van der Waals surface area contributed by atoms with Crippen molar-refractivity contribution >= 4 is 34.6 Å². The first kappa shape index (κ1) is 32.9. The number of amides is 3. The lowest BCUT2D eigenvalue weighted by atomic mass is 10.00. The molecule has 10 heteroatoms. The molecule has 7 N–H and O–H groups in total. The predicted molar refractivity (Wildman–Crippen MR) is 173 cm³/mol. The molecule has 3 aromatic carbocycles. The van der Waals surface area contributed by atoms with E-state index < -0.39 is 47.9 Å². The summed E-state index contributed by atoms with van der Waals surface area (Å²) in [4.78, 5) is 55.9. The topological polar surface area (TPSA) is 166 Å². The van der Waals surface area contributed by atoms with E-state index >= 15 is 0 Å². The zero-order chi connectivity index (χ0) is 32.3. The van der Waals surface area contributed by atoms with Crippen LogP contribution in [0.1, 0.15) is 37.0 Å². The normalized spacial score (nSPS) is 13.9. The van der Waals surface area contributed by atoms with Crippen LogP contribution in [0.5, 0.6) is 0 Å². The summed E-state index contributed by atoms with van der Waals surface area (Å²) in [7, 11) is 0. The fourth-order valence-electron chi connectivity index (χ4n) is 5.27. The molecule has 236 valence electrons. The highest BCUT2D eigenvalue weighted by Crippen LogP contribution is 2.19. The first-order valence-corrected chi connectivity index (χ1v) is 15.1. The van der Waals surface area contributed by atoms with E-state index in [1.807, 2.05) is 98.8 Å². The van der Waals surface area contributed by atoms with Gasteiger partial charge in [0.25, 0.3) is 0 Å². The van der Waals surface area contributed by atoms with Crippen molar-refractivity contribution < 1.29 is 24.3 Å². The van der Waals surface area contributed by atoms with Gasteiger partial charge in [0.15, 0.2) is 0 Å². The highest BCUT2D eigenvalue weighted by molar-refractivity contribution is 5.95. The molecule has 4 atom stereocenters. The van der Waals surface area contributed by atoms with Crippen molar-refractivity contribution in [2.45, 2.75) is 63.7 Å². The molecule has 4 unspecified atom stereocenters. The van der Waals surface area contributed by atoms with Gasteiger partial charge in [0, 0.05) is 29.9 Å². The van der Waals surface area contributed by atoms with E-state index in [2.05, 4.69) is 20.9 Å². The van der Waals surface area contributed by atoms with Gasteiger partial charge in [-0.2, -0.15) is 0 Å². The molecule has 1 heterocycles. The number of aromatic amines is 1. The number of nitrogens with two attached hydrogens (primary N) is 1. The number of benzene rings is 3. The Hall–Kier alpha value is -4.96. The molecule has 0 aliphatic heterocycles. The van der Waals surface area contributed by atoms with Crippen LogP contribution in [0.15, 0.2) is 91.1 Å². The number of carboxylic acid groups (broad SMARTS) is 1. The monoisotopic (exact) mass is 611 g/mol. The van der Waals surface area contributed by atoms with E-state index in [-0.39, 0.29) is 31.6 Å². The van der Waals surface area contributed by atoms with Crippen LogP contribution < -0.4 is 21.7 Å². The minimum absolute atomic E-state index is 0.0180. The van der Waals surface area contributed by atoms with Crippen LogP contribution in [-0.2, 0) is 38.4 Å². The number of carbonyl (C=O) groups excluding carboxylic acids is 3. The van der Waals surface area contributed by atoms with Crippen LogP contribution in [0.3, 0.4) is 0 Å². The second kappa shape index (κ2) is 15.7. The number of aromatic nitrogens is 1. The molecule has 0 saturated heterocycles. The smallest absolute Gasteiger partial charge is 0.326 e. The fourth-order valence-corrected chi connectivity index (χ4v) is 5.27. The number of para-hydroxylation sites is 1. The maximum atomic E-state index is 14.0. The molecule has 0 aliphatic carbocycles. The molecule has 45 heavy (non-hydrogen) atoms. The first-order chi connectivity index (χ1) is 21.6. The van der Waals surface area contributed by atoms with E-state index in [4.69, 9.17) is 5.73 Å². The van der Waals surface area contributed by atoms with Gasteiger partial charge in [-0.25, -0.2) is 4.79 Å². The molecular formula is C35H41N5O5. The third-order valence-electron chi connectivity index (χ3n) is 7.60. The summed E-state index contributed by atoms with van der Waals surface area (Å²) in [5.41, 5.74) is 9.60. The van der Waals surface area contributed by atoms with Crippen LogP contribution in [-0.4, -0.2) is 57.9 Å². The van der Waals surface area contributed by atoms with Crippen molar-refractivity contribution in [2.75, 3.05) is 0 Å². The highest BCUT2D eigenvalue weighted by Gasteiger charge is 2.31. The zero-order valence-corrected chi connectivity index (χ0v) is 25.5. The zero-order valence-electron chi connectivity index (χ0n) is 25.5. The molecule has 3 amide bonds. The summed E-state index contributed by atoms with van der Waals surface area (Å²) in [5, 5.41) is 18.9. The van der Waals surface area contributed by atoms with Gasteiger partial charge in [-0.3, -0.25) is 14.4 Å². The summed E-state index contributed by atoms with van der Waals surface area (Å²) in [5.74, 6) is -2.86. The van der Waals surface area contributed by atoms with Gasteiger partial charge in [0.2, 0.25) is 17.7 Å². The fraction of sp³-hybridized carbons (Fsp3) is 0.314. The number of hydrogen-bond donors (Lipinski definition) is 6. The Balaban J connectivity index is 1.59. The van der Waals surface area contributed by atoms with Gasteiger partial charge in [-0.05, 0) is 41.5 Å². The van der Waals surface area contributed by atoms with Gasteiger partial charge in [0.1, 0.15) is 18.1 Å². The second-order valence-electron chi connectivity index (χ2n) is 11.7. The summed E-state index contributed by atoms with van der Waals surface area (Å²) >= 11 is 0. The quantitative estimate of drug-likeness (QED) is 0.121. The Kier molecular flexibility index (Phi) is 11.5. The number of carboxylic acids is 1. The third-order valence-corrected chi connectivity index (χ3v) is 7.60. The lowest BCUT2D eigenvalue weighted by Crippen LogP contribution is -2.58. The van der Waals surface area contributed by atoms with Crippen molar-refractivity contribution in [1.82, 2.24) is 20.9 Å². The van der Waals surface area contributed by atoms with Crippen LogP contribution in [0.2, 0.25) is 0 Å². The number of carbonyl (C=O) groups is 4. The molecule has 0 radical (unpaired) electrons. The Morgan fingerprint density at radius 1 is 0.689 bits per heavy atom. The number of rotatable bonds is 15. The van der Waals surface area contributed by atoms with Gasteiger partial charge in [-0.15, -0.1) is 0 Å². The standard InChI is InChI=1S/C35H41N5O5/c1-22(2)17-31(35(44)45)40-33(42)29(19-24-13-7-4-8-14-24)39-34(43)30(20-25-21-37-28-16-10-9-15-26(25)28)38-32(41)27(36)18-23-11-5-3-6-12-23/h3-16,21-22,27,29-31,37H,17-20,36H2,1-2H3,(H,38,41)(H,39,43)(H,40,42)(H,44,45). The average Bonchev–Trinajstić information content (AvgIpc) is 3.43. The van der Waals surface area contributed by atoms with Crippen LogP contribution in [0, 0.1) is 5.92 Å². The Morgan fingerprint density at radius 3 is 1.80 bits per heavy atom. The van der Waals surface area contributed by atoms with Gasteiger partial charge < -0.3 is 31.8 Å². The molecule has 4 rings (SSSR count). The van der Waals surface area contributed by atoms with Crippen LogP contribution in [0.25, 0.3) is 10.9 Å². The summed E-state index contributed by atoms with van der Waals surface area (Å²) in [6.07, 6.45) is 2.54. The lowest BCUT2D eigenvalue weighted by Gasteiger charge is -2.26. The Bertz CT molecular complexity index is 1590. The van der Waals surface area contributed by atoms with Crippen molar-refractivity contribution in [3.63, 3.8) is 0 Å². The number of H-pyrrole nitrogens is 1. The molecule has 0 bridgehead atoms. The van der Waals surface area contributed by atoms with E-state index in [9.17, 15) is 24.3 Å². The summed E-state index contributed by atoms with van der Waals surface area (Å²) in [6.45, 7) is 3.73.